The second-order valence-electron chi connectivity index (χ2n) is 2.83. The van der Waals surface area contributed by atoms with Gasteiger partial charge in [0.25, 0.3) is 0 Å². The maximum Gasteiger partial charge on any atom is 0.221 e. The van der Waals surface area contributed by atoms with Gasteiger partial charge in [0.15, 0.2) is 0 Å². The van der Waals surface area contributed by atoms with Crippen LogP contribution in [0.3, 0.4) is 0 Å². The van der Waals surface area contributed by atoms with Crippen LogP contribution in [0.25, 0.3) is 0 Å². The van der Waals surface area contributed by atoms with Crippen molar-refractivity contribution in [2.45, 2.75) is 32.4 Å². The smallest absolute Gasteiger partial charge is 0.221 e. The van der Waals surface area contributed by atoms with Gasteiger partial charge in [-0.1, -0.05) is 0 Å². The Morgan fingerprint density at radius 2 is 2.18 bits per heavy atom. The molecule has 0 aliphatic carbocycles. The predicted molar refractivity (Wildman–Crippen MR) is 43.0 cm³/mol. The molecule has 0 heterocycles. The van der Waals surface area contributed by atoms with Crippen molar-refractivity contribution < 1.29 is 9.90 Å². The van der Waals surface area contributed by atoms with E-state index in [1.165, 1.54) is 0 Å². The fourth-order valence-corrected chi connectivity index (χ4v) is 0.672. The van der Waals surface area contributed by atoms with E-state index in [1.54, 1.807) is 13.8 Å². The van der Waals surface area contributed by atoms with Crippen molar-refractivity contribution in [1.29, 1.82) is 0 Å². The largest absolute Gasteiger partial charge is 0.394 e. The van der Waals surface area contributed by atoms with Gasteiger partial charge in [0.1, 0.15) is 0 Å². The molecule has 4 N–H and O–H groups in total. The zero-order valence-electron chi connectivity index (χ0n) is 7.00. The number of hydrogen-bond acceptors (Lipinski definition) is 3. The Morgan fingerprint density at radius 3 is 2.55 bits per heavy atom. The van der Waals surface area contributed by atoms with Crippen LogP contribution in [0, 0.1) is 0 Å². The van der Waals surface area contributed by atoms with Gasteiger partial charge < -0.3 is 16.2 Å². The molecule has 0 aromatic heterocycles. The van der Waals surface area contributed by atoms with Crippen molar-refractivity contribution in [3.8, 4) is 0 Å². The van der Waals surface area contributed by atoms with Gasteiger partial charge in [-0.2, -0.15) is 0 Å². The first-order chi connectivity index (χ1) is 5.06. The number of nitrogens with one attached hydrogen (secondary N) is 1. The SMILES string of the molecule is CC(N)CC(=O)N[C@H](C)CO. The molecular formula is C7H16N2O2. The van der Waals surface area contributed by atoms with Crippen LogP contribution in [0.2, 0.25) is 0 Å². The Balaban J connectivity index is 3.52. The van der Waals surface area contributed by atoms with Crippen molar-refractivity contribution in [1.82, 2.24) is 5.32 Å². The first-order valence-electron chi connectivity index (χ1n) is 3.72. The van der Waals surface area contributed by atoms with Gasteiger partial charge in [-0.3, -0.25) is 4.79 Å². The minimum atomic E-state index is -0.179. The van der Waals surface area contributed by atoms with E-state index in [4.69, 9.17) is 10.8 Å². The maximum absolute atomic E-state index is 10.9. The van der Waals surface area contributed by atoms with E-state index in [0.29, 0.717) is 6.42 Å². The molecule has 1 unspecified atom stereocenters. The first-order valence-corrected chi connectivity index (χ1v) is 3.72. The highest BCUT2D eigenvalue weighted by molar-refractivity contribution is 5.76. The zero-order valence-corrected chi connectivity index (χ0v) is 7.00. The number of carbonyl (C=O) groups excluding carboxylic acids is 1. The van der Waals surface area contributed by atoms with Crippen LogP contribution in [-0.2, 0) is 4.79 Å². The Labute approximate surface area is 66.8 Å². The summed E-state index contributed by atoms with van der Waals surface area (Å²) in [7, 11) is 0. The summed E-state index contributed by atoms with van der Waals surface area (Å²) in [6.07, 6.45) is 0.310. The van der Waals surface area contributed by atoms with E-state index in [-0.39, 0.29) is 24.6 Å². The molecule has 66 valence electrons. The van der Waals surface area contributed by atoms with Crippen LogP contribution in [0.1, 0.15) is 20.3 Å². The van der Waals surface area contributed by atoms with Crippen LogP contribution in [0.5, 0.6) is 0 Å². The normalized spacial score (nSPS) is 15.6. The molecule has 4 nitrogen and oxygen atoms in total. The summed E-state index contributed by atoms with van der Waals surface area (Å²) in [6.45, 7) is 3.47. The maximum atomic E-state index is 10.9. The summed E-state index contributed by atoms with van der Waals surface area (Å²) in [5, 5.41) is 11.2. The standard InChI is InChI=1S/C7H16N2O2/c1-5(8)3-7(11)9-6(2)4-10/h5-6,10H,3-4,8H2,1-2H3,(H,9,11)/t5?,6-/m1/s1. The summed E-state index contributed by atoms with van der Waals surface area (Å²) in [4.78, 5) is 10.9. The fraction of sp³-hybridized carbons (Fsp3) is 0.857. The van der Waals surface area contributed by atoms with Crippen LogP contribution in [0.15, 0.2) is 0 Å². The van der Waals surface area contributed by atoms with E-state index in [0.717, 1.165) is 0 Å². The van der Waals surface area contributed by atoms with Gasteiger partial charge in [0, 0.05) is 18.5 Å². The van der Waals surface area contributed by atoms with E-state index < -0.39 is 0 Å². The van der Waals surface area contributed by atoms with Gasteiger partial charge in [-0.05, 0) is 13.8 Å². The lowest BCUT2D eigenvalue weighted by molar-refractivity contribution is -0.122. The molecule has 2 atom stereocenters. The summed E-state index contributed by atoms with van der Waals surface area (Å²) in [5.74, 6) is -0.110. The molecule has 11 heavy (non-hydrogen) atoms. The predicted octanol–water partition coefficient (Wildman–Crippen LogP) is -0.779. The van der Waals surface area contributed by atoms with Crippen molar-refractivity contribution in [2.75, 3.05) is 6.61 Å². The number of nitrogens with two attached hydrogens (primary N) is 1. The third kappa shape index (κ3) is 5.82. The lowest BCUT2D eigenvalue weighted by Crippen LogP contribution is -2.37. The molecule has 0 radical (unpaired) electrons. The summed E-state index contributed by atoms with van der Waals surface area (Å²) >= 11 is 0. The number of carbonyl (C=O) groups is 1. The van der Waals surface area contributed by atoms with Crippen LogP contribution < -0.4 is 11.1 Å². The van der Waals surface area contributed by atoms with Crippen molar-refractivity contribution in [2.24, 2.45) is 5.73 Å². The Bertz CT molecular complexity index is 126. The van der Waals surface area contributed by atoms with Gasteiger partial charge in [0.2, 0.25) is 5.91 Å². The first kappa shape index (κ1) is 10.4. The second kappa shape index (κ2) is 5.09. The van der Waals surface area contributed by atoms with Gasteiger partial charge >= 0.3 is 0 Å². The zero-order chi connectivity index (χ0) is 8.85. The molecule has 0 aliphatic rings. The molecule has 4 heteroatoms. The Hall–Kier alpha value is -0.610. The number of amides is 1. The van der Waals surface area contributed by atoms with E-state index in [9.17, 15) is 4.79 Å². The van der Waals surface area contributed by atoms with Gasteiger partial charge in [-0.15, -0.1) is 0 Å². The third-order valence-corrected chi connectivity index (χ3v) is 1.19. The molecule has 0 bridgehead atoms. The fourth-order valence-electron chi connectivity index (χ4n) is 0.672. The average molecular weight is 160 g/mol. The molecular weight excluding hydrogens is 144 g/mol. The van der Waals surface area contributed by atoms with E-state index >= 15 is 0 Å². The monoisotopic (exact) mass is 160 g/mol. The Kier molecular flexibility index (Phi) is 4.81. The van der Waals surface area contributed by atoms with Gasteiger partial charge in [0.05, 0.1) is 6.61 Å². The highest BCUT2D eigenvalue weighted by atomic mass is 16.3. The third-order valence-electron chi connectivity index (χ3n) is 1.19. The highest BCUT2D eigenvalue weighted by Crippen LogP contribution is 1.87. The molecule has 0 spiro atoms. The minimum absolute atomic E-state index is 0.0370. The molecule has 0 fully saturated rings. The molecule has 0 rings (SSSR count). The summed E-state index contributed by atoms with van der Waals surface area (Å²) < 4.78 is 0. The Morgan fingerprint density at radius 1 is 1.64 bits per heavy atom. The van der Waals surface area contributed by atoms with Gasteiger partial charge in [-0.25, -0.2) is 0 Å². The highest BCUT2D eigenvalue weighted by Gasteiger charge is 2.07. The van der Waals surface area contributed by atoms with Crippen LogP contribution in [-0.4, -0.2) is 29.7 Å². The molecule has 0 aromatic carbocycles. The number of aliphatic hydroxyl groups is 1. The number of aliphatic hydroxyl groups excluding tert-OH is 1. The van der Waals surface area contributed by atoms with Crippen LogP contribution in [0.4, 0.5) is 0 Å². The second-order valence-corrected chi connectivity index (χ2v) is 2.83. The van der Waals surface area contributed by atoms with E-state index in [2.05, 4.69) is 5.32 Å². The van der Waals surface area contributed by atoms with Crippen molar-refractivity contribution in [3.05, 3.63) is 0 Å². The molecule has 0 aromatic rings. The lowest BCUT2D eigenvalue weighted by atomic mass is 10.2. The molecule has 1 amide bonds. The van der Waals surface area contributed by atoms with E-state index in [1.807, 2.05) is 0 Å². The topological polar surface area (TPSA) is 75.4 Å². The van der Waals surface area contributed by atoms with Crippen LogP contribution >= 0.6 is 0 Å². The average Bonchev–Trinajstić information content (AvgIpc) is 1.85. The van der Waals surface area contributed by atoms with Crippen molar-refractivity contribution in [3.63, 3.8) is 0 Å². The molecule has 0 saturated carbocycles. The van der Waals surface area contributed by atoms with Crippen molar-refractivity contribution >= 4 is 5.91 Å². The molecule has 0 aliphatic heterocycles. The lowest BCUT2D eigenvalue weighted by Gasteiger charge is -2.11. The summed E-state index contributed by atoms with van der Waals surface area (Å²) in [5.41, 5.74) is 5.39. The number of hydrogen-bond donors (Lipinski definition) is 3. The molecule has 0 saturated heterocycles. The minimum Gasteiger partial charge on any atom is -0.394 e. The number of rotatable bonds is 4. The summed E-state index contributed by atoms with van der Waals surface area (Å²) in [6, 6.07) is -0.304. The quantitative estimate of drug-likeness (QED) is 0.505.